The molecule has 0 aliphatic rings. The molecule has 0 radical (unpaired) electrons. The lowest BCUT2D eigenvalue weighted by Crippen LogP contribution is -2.30. The Bertz CT molecular complexity index is 720. The molecule has 0 bridgehead atoms. The highest BCUT2D eigenvalue weighted by atomic mass is 35.5. The quantitative estimate of drug-likeness (QED) is 0.870. The Morgan fingerprint density at radius 2 is 2.00 bits per heavy atom. The summed E-state index contributed by atoms with van der Waals surface area (Å²) in [6.45, 7) is -0.247. The molecule has 0 saturated carbocycles. The standard InChI is InChI=1S/C15H12Cl2N2O3/c1-22-13(20)8-19-15(21)14-12(17)6-10(7-18-14)9-3-2-4-11(16)5-9/h2-7H,8H2,1H3,(H,19,21). The lowest BCUT2D eigenvalue weighted by Gasteiger charge is -2.07. The first-order chi connectivity index (χ1) is 10.5. The molecule has 0 saturated heterocycles. The molecule has 0 aliphatic heterocycles. The van der Waals surface area contributed by atoms with Crippen LogP contribution in [0.1, 0.15) is 10.5 Å². The number of aromatic nitrogens is 1. The van der Waals surface area contributed by atoms with Gasteiger partial charge in [0, 0.05) is 16.8 Å². The minimum atomic E-state index is -0.556. The second-order valence-corrected chi connectivity index (χ2v) is 5.17. The van der Waals surface area contributed by atoms with Crippen molar-refractivity contribution in [2.24, 2.45) is 0 Å². The highest BCUT2D eigenvalue weighted by Crippen LogP contribution is 2.25. The Morgan fingerprint density at radius 1 is 1.23 bits per heavy atom. The SMILES string of the molecule is COC(=O)CNC(=O)c1ncc(-c2cccc(Cl)c2)cc1Cl. The Labute approximate surface area is 137 Å². The normalized spacial score (nSPS) is 10.1. The fraction of sp³-hybridized carbons (Fsp3) is 0.133. The molecule has 7 heteroatoms. The molecule has 1 amide bonds. The van der Waals surface area contributed by atoms with Crippen molar-refractivity contribution in [1.29, 1.82) is 0 Å². The van der Waals surface area contributed by atoms with E-state index < -0.39 is 11.9 Å². The number of hydrogen-bond acceptors (Lipinski definition) is 4. The average Bonchev–Trinajstić information content (AvgIpc) is 2.52. The predicted octanol–water partition coefficient (Wildman–Crippen LogP) is 2.96. The van der Waals surface area contributed by atoms with Crippen LogP contribution in [0.15, 0.2) is 36.5 Å². The van der Waals surface area contributed by atoms with Gasteiger partial charge in [0.25, 0.3) is 5.91 Å². The van der Waals surface area contributed by atoms with Gasteiger partial charge in [0.1, 0.15) is 12.2 Å². The van der Waals surface area contributed by atoms with Gasteiger partial charge in [0.2, 0.25) is 0 Å². The lowest BCUT2D eigenvalue weighted by molar-refractivity contribution is -0.139. The number of hydrogen-bond donors (Lipinski definition) is 1. The Hall–Kier alpha value is -2.11. The minimum absolute atomic E-state index is 0.0383. The Balaban J connectivity index is 2.19. The molecular formula is C15H12Cl2N2O3. The number of rotatable bonds is 4. The van der Waals surface area contributed by atoms with Gasteiger partial charge in [-0.1, -0.05) is 35.3 Å². The number of nitrogens with zero attached hydrogens (tertiary/aromatic N) is 1. The maximum Gasteiger partial charge on any atom is 0.325 e. The topological polar surface area (TPSA) is 68.3 Å². The van der Waals surface area contributed by atoms with E-state index in [2.05, 4.69) is 15.0 Å². The molecule has 0 spiro atoms. The van der Waals surface area contributed by atoms with Gasteiger partial charge in [-0.15, -0.1) is 0 Å². The van der Waals surface area contributed by atoms with E-state index >= 15 is 0 Å². The van der Waals surface area contributed by atoms with Crippen LogP contribution in [0.4, 0.5) is 0 Å². The van der Waals surface area contributed by atoms with Crippen molar-refractivity contribution in [3.05, 3.63) is 52.3 Å². The number of carbonyl (C=O) groups excluding carboxylic acids is 2. The van der Waals surface area contributed by atoms with Crippen molar-refractivity contribution in [1.82, 2.24) is 10.3 Å². The van der Waals surface area contributed by atoms with Crippen LogP contribution < -0.4 is 5.32 Å². The largest absolute Gasteiger partial charge is 0.468 e. The first kappa shape index (κ1) is 16.3. The number of esters is 1. The molecule has 0 fully saturated rings. The van der Waals surface area contributed by atoms with E-state index in [1.807, 2.05) is 12.1 Å². The number of nitrogens with one attached hydrogen (secondary N) is 1. The van der Waals surface area contributed by atoms with Crippen molar-refractivity contribution < 1.29 is 14.3 Å². The van der Waals surface area contributed by atoms with Crippen molar-refractivity contribution >= 4 is 35.1 Å². The van der Waals surface area contributed by atoms with Crippen LogP contribution in [0, 0.1) is 0 Å². The molecule has 2 aromatic rings. The highest BCUT2D eigenvalue weighted by molar-refractivity contribution is 6.34. The molecule has 0 unspecified atom stereocenters. The van der Waals surface area contributed by atoms with Crippen LogP contribution >= 0.6 is 23.2 Å². The van der Waals surface area contributed by atoms with Crippen molar-refractivity contribution in [3.8, 4) is 11.1 Å². The number of benzene rings is 1. The van der Waals surface area contributed by atoms with E-state index in [1.165, 1.54) is 13.3 Å². The molecule has 1 aromatic carbocycles. The summed E-state index contributed by atoms with van der Waals surface area (Å²) in [5.74, 6) is -1.10. The van der Waals surface area contributed by atoms with Crippen LogP contribution in [0.5, 0.6) is 0 Å². The third-order valence-corrected chi connectivity index (χ3v) is 3.36. The zero-order valence-corrected chi connectivity index (χ0v) is 13.1. The molecular weight excluding hydrogens is 327 g/mol. The lowest BCUT2D eigenvalue weighted by atomic mass is 10.1. The van der Waals surface area contributed by atoms with Crippen LogP contribution in [0.2, 0.25) is 10.0 Å². The van der Waals surface area contributed by atoms with E-state index in [4.69, 9.17) is 23.2 Å². The summed E-state index contributed by atoms with van der Waals surface area (Å²) in [5, 5.41) is 3.15. The number of amides is 1. The molecule has 0 atom stereocenters. The second kappa shape index (κ2) is 7.24. The van der Waals surface area contributed by atoms with Gasteiger partial charge in [-0.2, -0.15) is 0 Å². The first-order valence-corrected chi connectivity index (χ1v) is 7.03. The monoisotopic (exact) mass is 338 g/mol. The molecule has 1 N–H and O–H groups in total. The van der Waals surface area contributed by atoms with Crippen LogP contribution in [-0.4, -0.2) is 30.5 Å². The number of methoxy groups -OCH3 is 1. The second-order valence-electron chi connectivity index (χ2n) is 4.32. The van der Waals surface area contributed by atoms with Gasteiger partial charge in [-0.05, 0) is 23.8 Å². The fourth-order valence-corrected chi connectivity index (χ4v) is 2.18. The van der Waals surface area contributed by atoms with Crippen LogP contribution in [0.3, 0.4) is 0 Å². The predicted molar refractivity (Wildman–Crippen MR) is 84.0 cm³/mol. The number of carbonyl (C=O) groups is 2. The smallest absolute Gasteiger partial charge is 0.325 e. The summed E-state index contributed by atoms with van der Waals surface area (Å²) < 4.78 is 4.44. The first-order valence-electron chi connectivity index (χ1n) is 6.27. The molecule has 0 aliphatic carbocycles. The van der Waals surface area contributed by atoms with Crippen LogP contribution in [-0.2, 0) is 9.53 Å². The summed E-state index contributed by atoms with van der Waals surface area (Å²) in [4.78, 5) is 27.0. The number of ether oxygens (including phenoxy) is 1. The molecule has 22 heavy (non-hydrogen) atoms. The zero-order valence-electron chi connectivity index (χ0n) is 11.6. The summed E-state index contributed by atoms with van der Waals surface area (Å²) in [6, 6.07) is 8.81. The van der Waals surface area contributed by atoms with Gasteiger partial charge >= 0.3 is 5.97 Å². The summed E-state index contributed by atoms with van der Waals surface area (Å²) in [7, 11) is 1.24. The molecule has 5 nitrogen and oxygen atoms in total. The van der Waals surface area contributed by atoms with Gasteiger partial charge in [0.15, 0.2) is 0 Å². The van der Waals surface area contributed by atoms with Gasteiger partial charge in [-0.3, -0.25) is 9.59 Å². The summed E-state index contributed by atoms with van der Waals surface area (Å²) >= 11 is 12.0. The minimum Gasteiger partial charge on any atom is -0.468 e. The van der Waals surface area contributed by atoms with E-state index in [0.29, 0.717) is 5.02 Å². The van der Waals surface area contributed by atoms with Gasteiger partial charge in [-0.25, -0.2) is 4.98 Å². The molecule has 2 rings (SSSR count). The van der Waals surface area contributed by atoms with E-state index in [1.54, 1.807) is 18.2 Å². The van der Waals surface area contributed by atoms with Crippen molar-refractivity contribution in [2.45, 2.75) is 0 Å². The van der Waals surface area contributed by atoms with Gasteiger partial charge in [0.05, 0.1) is 12.1 Å². The third-order valence-electron chi connectivity index (χ3n) is 2.84. The third kappa shape index (κ3) is 3.96. The summed E-state index contributed by atoms with van der Waals surface area (Å²) in [5.41, 5.74) is 1.61. The Kier molecular flexibility index (Phi) is 5.35. The average molecular weight is 339 g/mol. The maximum absolute atomic E-state index is 11.9. The van der Waals surface area contributed by atoms with E-state index in [0.717, 1.165) is 11.1 Å². The fourth-order valence-electron chi connectivity index (χ4n) is 1.74. The van der Waals surface area contributed by atoms with Crippen molar-refractivity contribution in [2.75, 3.05) is 13.7 Å². The Morgan fingerprint density at radius 3 is 2.64 bits per heavy atom. The maximum atomic E-state index is 11.9. The molecule has 1 aromatic heterocycles. The van der Waals surface area contributed by atoms with Gasteiger partial charge < -0.3 is 10.1 Å². The molecule has 1 heterocycles. The number of halogens is 2. The number of pyridine rings is 1. The molecule has 114 valence electrons. The highest BCUT2D eigenvalue weighted by Gasteiger charge is 2.14. The summed E-state index contributed by atoms with van der Waals surface area (Å²) in [6.07, 6.45) is 1.52. The zero-order chi connectivity index (χ0) is 16.1. The van der Waals surface area contributed by atoms with E-state index in [-0.39, 0.29) is 17.3 Å². The van der Waals surface area contributed by atoms with Crippen LogP contribution in [0.25, 0.3) is 11.1 Å². The van der Waals surface area contributed by atoms with E-state index in [9.17, 15) is 9.59 Å². The van der Waals surface area contributed by atoms with Crippen molar-refractivity contribution in [3.63, 3.8) is 0 Å².